The monoisotopic (exact) mass is 262 g/mol. The van der Waals surface area contributed by atoms with Crippen LogP contribution < -0.4 is 4.72 Å². The van der Waals surface area contributed by atoms with Gasteiger partial charge in [-0.1, -0.05) is 6.92 Å². The molecule has 0 radical (unpaired) electrons. The van der Waals surface area contributed by atoms with Crippen molar-refractivity contribution in [1.82, 2.24) is 4.72 Å². The number of nitrogens with one attached hydrogen (secondary N) is 1. The van der Waals surface area contributed by atoms with E-state index >= 15 is 0 Å². The first-order valence-corrected chi connectivity index (χ1v) is 6.66. The normalized spacial score (nSPS) is 26.4. The van der Waals surface area contributed by atoms with Crippen molar-refractivity contribution in [1.29, 1.82) is 5.26 Å². The van der Waals surface area contributed by atoms with Crippen LogP contribution in [0.2, 0.25) is 0 Å². The van der Waals surface area contributed by atoms with E-state index in [9.17, 15) is 13.2 Å². The van der Waals surface area contributed by atoms with E-state index in [-0.39, 0.29) is 26.1 Å². The van der Waals surface area contributed by atoms with Crippen molar-refractivity contribution in [3.05, 3.63) is 0 Å². The summed E-state index contributed by atoms with van der Waals surface area (Å²) in [4.78, 5) is 11.1. The number of carbonyl (C=O) groups is 1. The summed E-state index contributed by atoms with van der Waals surface area (Å²) in [6, 6.07) is 1.64. The molecule has 0 aromatic rings. The molecule has 2 unspecified atom stereocenters. The first kappa shape index (κ1) is 13.9. The molecule has 0 spiro atoms. The van der Waals surface area contributed by atoms with Gasteiger partial charge in [0.1, 0.15) is 0 Å². The zero-order chi connectivity index (χ0) is 13.1. The number of nitriles is 1. The minimum Gasteiger partial charge on any atom is -0.480 e. The average molecular weight is 262 g/mol. The van der Waals surface area contributed by atoms with Crippen LogP contribution in [0.1, 0.15) is 19.8 Å². The van der Waals surface area contributed by atoms with Crippen LogP contribution in [0.4, 0.5) is 0 Å². The summed E-state index contributed by atoms with van der Waals surface area (Å²) < 4.78 is 30.6. The van der Waals surface area contributed by atoms with Crippen molar-refractivity contribution in [3.8, 4) is 6.07 Å². The Labute approximate surface area is 99.4 Å². The van der Waals surface area contributed by atoms with Gasteiger partial charge in [-0.05, 0) is 6.42 Å². The molecule has 17 heavy (non-hydrogen) atoms. The van der Waals surface area contributed by atoms with Crippen LogP contribution in [0.25, 0.3) is 0 Å². The van der Waals surface area contributed by atoms with Gasteiger partial charge in [0.25, 0.3) is 0 Å². The number of rotatable bonds is 5. The van der Waals surface area contributed by atoms with Crippen molar-refractivity contribution in [3.63, 3.8) is 0 Å². The largest absolute Gasteiger partial charge is 0.480 e. The molecular weight excluding hydrogens is 248 g/mol. The zero-order valence-corrected chi connectivity index (χ0v) is 10.2. The Bertz CT molecular complexity index is 433. The van der Waals surface area contributed by atoms with Crippen LogP contribution in [0.3, 0.4) is 0 Å². The lowest BCUT2D eigenvalue weighted by Gasteiger charge is -2.24. The van der Waals surface area contributed by atoms with Crippen molar-refractivity contribution in [2.24, 2.45) is 0 Å². The van der Waals surface area contributed by atoms with Crippen LogP contribution in [0.15, 0.2) is 0 Å². The number of nitrogens with zero attached hydrogens (tertiary/aromatic N) is 1. The molecule has 1 rings (SSSR count). The van der Waals surface area contributed by atoms with Crippen molar-refractivity contribution in [2.45, 2.75) is 30.6 Å². The van der Waals surface area contributed by atoms with Gasteiger partial charge in [-0.15, -0.1) is 0 Å². The zero-order valence-electron chi connectivity index (χ0n) is 9.34. The van der Waals surface area contributed by atoms with Gasteiger partial charge in [0.05, 0.1) is 12.7 Å². The number of carboxylic acid groups (broad SMARTS) is 1. The third-order valence-corrected chi connectivity index (χ3v) is 4.52. The van der Waals surface area contributed by atoms with E-state index < -0.39 is 26.8 Å². The van der Waals surface area contributed by atoms with Crippen molar-refractivity contribution >= 4 is 16.0 Å². The van der Waals surface area contributed by atoms with Gasteiger partial charge < -0.3 is 9.84 Å². The van der Waals surface area contributed by atoms with Gasteiger partial charge in [-0.3, -0.25) is 4.79 Å². The molecule has 1 fully saturated rings. The number of ether oxygens (including phenoxy) is 1. The van der Waals surface area contributed by atoms with Gasteiger partial charge in [-0.2, -0.15) is 9.98 Å². The van der Waals surface area contributed by atoms with Crippen LogP contribution in [-0.2, 0) is 19.6 Å². The molecule has 7 nitrogen and oxygen atoms in total. The first-order valence-electron chi connectivity index (χ1n) is 5.11. The minimum absolute atomic E-state index is 0.0590. The Balaban J connectivity index is 2.96. The number of hydrogen-bond acceptors (Lipinski definition) is 5. The maximum absolute atomic E-state index is 11.8. The van der Waals surface area contributed by atoms with E-state index in [2.05, 4.69) is 4.72 Å². The Morgan fingerprint density at radius 2 is 2.35 bits per heavy atom. The van der Waals surface area contributed by atoms with Gasteiger partial charge in [-0.25, -0.2) is 8.42 Å². The highest BCUT2D eigenvalue weighted by atomic mass is 32.2. The molecule has 0 aromatic heterocycles. The molecular formula is C9H14N2O5S. The second kappa shape index (κ2) is 5.00. The molecule has 1 saturated heterocycles. The molecule has 0 saturated carbocycles. The smallest absolute Gasteiger partial charge is 0.327 e. The maximum Gasteiger partial charge on any atom is 0.327 e. The van der Waals surface area contributed by atoms with E-state index in [1.165, 1.54) is 0 Å². The quantitative estimate of drug-likeness (QED) is 0.686. The highest BCUT2D eigenvalue weighted by Crippen LogP contribution is 2.21. The SMILES string of the molecule is CCC(C#N)S(=O)(=O)NC1(C(=O)O)CCOC1. The number of carboxylic acids is 1. The van der Waals surface area contributed by atoms with E-state index in [4.69, 9.17) is 15.1 Å². The highest BCUT2D eigenvalue weighted by molar-refractivity contribution is 7.90. The van der Waals surface area contributed by atoms with Crippen LogP contribution in [0, 0.1) is 11.3 Å². The fraction of sp³-hybridized carbons (Fsp3) is 0.778. The van der Waals surface area contributed by atoms with E-state index in [0.717, 1.165) is 0 Å². The molecule has 96 valence electrons. The molecule has 2 N–H and O–H groups in total. The lowest BCUT2D eigenvalue weighted by atomic mass is 10.0. The summed E-state index contributed by atoms with van der Waals surface area (Å²) >= 11 is 0. The summed E-state index contributed by atoms with van der Waals surface area (Å²) in [6.45, 7) is 1.51. The third-order valence-electron chi connectivity index (χ3n) is 2.66. The maximum atomic E-state index is 11.8. The summed E-state index contributed by atoms with van der Waals surface area (Å²) in [5, 5.41) is 16.5. The topological polar surface area (TPSA) is 116 Å². The lowest BCUT2D eigenvalue weighted by Crippen LogP contribution is -2.56. The molecule has 0 aliphatic carbocycles. The Morgan fingerprint density at radius 1 is 1.71 bits per heavy atom. The fourth-order valence-electron chi connectivity index (χ4n) is 1.58. The standard InChI is InChI=1S/C9H14N2O5S/c1-2-7(5-10)17(14,15)11-9(8(12)13)3-4-16-6-9/h7,11H,2-4,6H2,1H3,(H,12,13). The average Bonchev–Trinajstić information content (AvgIpc) is 2.68. The van der Waals surface area contributed by atoms with E-state index in [1.54, 1.807) is 13.0 Å². The van der Waals surface area contributed by atoms with Gasteiger partial charge in [0.15, 0.2) is 10.8 Å². The van der Waals surface area contributed by atoms with Crippen molar-refractivity contribution < 1.29 is 23.1 Å². The molecule has 1 aliphatic rings. The van der Waals surface area contributed by atoms with Gasteiger partial charge in [0, 0.05) is 13.0 Å². The second-order valence-electron chi connectivity index (χ2n) is 3.86. The molecule has 2 atom stereocenters. The van der Waals surface area contributed by atoms with Crippen LogP contribution >= 0.6 is 0 Å². The number of aliphatic carboxylic acids is 1. The predicted molar refractivity (Wildman–Crippen MR) is 57.6 cm³/mol. The molecule has 1 aliphatic heterocycles. The fourth-order valence-corrected chi connectivity index (χ4v) is 3.09. The van der Waals surface area contributed by atoms with E-state index in [1.807, 2.05) is 0 Å². The van der Waals surface area contributed by atoms with Gasteiger partial charge >= 0.3 is 5.97 Å². The summed E-state index contributed by atoms with van der Waals surface area (Å²) in [6.07, 6.45) is 0.159. The predicted octanol–water partition coefficient (Wildman–Crippen LogP) is -0.548. The highest BCUT2D eigenvalue weighted by Gasteiger charge is 2.47. The van der Waals surface area contributed by atoms with Crippen LogP contribution in [0.5, 0.6) is 0 Å². The number of hydrogen-bond donors (Lipinski definition) is 2. The van der Waals surface area contributed by atoms with Crippen LogP contribution in [-0.4, -0.2) is 43.5 Å². The first-order chi connectivity index (χ1) is 7.88. The molecule has 0 amide bonds. The Kier molecular flexibility index (Phi) is 4.08. The summed E-state index contributed by atoms with van der Waals surface area (Å²) in [5.74, 6) is -1.29. The Morgan fingerprint density at radius 3 is 2.71 bits per heavy atom. The second-order valence-corrected chi connectivity index (χ2v) is 5.73. The minimum atomic E-state index is -3.98. The third kappa shape index (κ3) is 2.74. The lowest BCUT2D eigenvalue weighted by molar-refractivity contribution is -0.144. The molecule has 0 aromatic carbocycles. The summed E-state index contributed by atoms with van der Waals surface area (Å²) in [5.41, 5.74) is -1.64. The molecule has 8 heteroatoms. The summed E-state index contributed by atoms with van der Waals surface area (Å²) in [7, 11) is -3.98. The van der Waals surface area contributed by atoms with Crippen molar-refractivity contribution in [2.75, 3.05) is 13.2 Å². The number of sulfonamides is 1. The Hall–Kier alpha value is -1.17. The molecule has 0 bridgehead atoms. The van der Waals surface area contributed by atoms with E-state index in [0.29, 0.717) is 0 Å². The molecule has 1 heterocycles. The van der Waals surface area contributed by atoms with Gasteiger partial charge in [0.2, 0.25) is 10.0 Å².